The van der Waals surface area contributed by atoms with Gasteiger partial charge in [0.25, 0.3) is 0 Å². The van der Waals surface area contributed by atoms with E-state index in [1.54, 1.807) is 29.6 Å². The molecule has 1 aromatic heterocycles. The second-order valence-corrected chi connectivity index (χ2v) is 9.68. The molecule has 9 heteroatoms. The van der Waals surface area contributed by atoms with Crippen LogP contribution in [0.25, 0.3) is 0 Å². The SMILES string of the molecule is CCNC(=NCC1(c2cccc(F)c2)CC1)NCCNS(=O)(=O)c1cccs1. The average molecular weight is 425 g/mol. The molecule has 1 aromatic carbocycles. The first-order chi connectivity index (χ1) is 13.5. The fourth-order valence-electron chi connectivity index (χ4n) is 2.93. The number of aliphatic imine (C=N–C) groups is 1. The lowest BCUT2D eigenvalue weighted by atomic mass is 9.96. The van der Waals surface area contributed by atoms with Gasteiger partial charge in [-0.1, -0.05) is 18.2 Å². The van der Waals surface area contributed by atoms with E-state index in [1.165, 1.54) is 17.4 Å². The molecule has 0 aliphatic heterocycles. The van der Waals surface area contributed by atoms with Crippen molar-refractivity contribution in [1.82, 2.24) is 15.4 Å². The van der Waals surface area contributed by atoms with Crippen LogP contribution in [0.4, 0.5) is 4.39 Å². The summed E-state index contributed by atoms with van der Waals surface area (Å²) in [5.74, 6) is 0.399. The smallest absolute Gasteiger partial charge is 0.250 e. The number of hydrogen-bond donors (Lipinski definition) is 3. The summed E-state index contributed by atoms with van der Waals surface area (Å²) in [6.45, 7) is 3.88. The molecule has 0 spiro atoms. The molecule has 1 heterocycles. The van der Waals surface area contributed by atoms with E-state index in [1.807, 2.05) is 13.0 Å². The van der Waals surface area contributed by atoms with Crippen molar-refractivity contribution in [3.63, 3.8) is 0 Å². The number of benzene rings is 1. The molecule has 3 N–H and O–H groups in total. The lowest BCUT2D eigenvalue weighted by Gasteiger charge is -2.16. The molecule has 1 aliphatic rings. The van der Waals surface area contributed by atoms with Gasteiger partial charge in [-0.3, -0.25) is 4.99 Å². The number of halogens is 1. The summed E-state index contributed by atoms with van der Waals surface area (Å²) in [7, 11) is -3.46. The standard InChI is InChI=1S/C19H25FN4O2S2/c1-2-21-18(22-10-11-24-28(25,26)17-7-4-12-27-17)23-14-19(8-9-19)15-5-3-6-16(20)13-15/h3-7,12-13,24H,2,8-11,14H2,1H3,(H2,21,22,23). The van der Waals surface area contributed by atoms with Crippen molar-refractivity contribution in [2.24, 2.45) is 4.99 Å². The predicted octanol–water partition coefficient (Wildman–Crippen LogP) is 2.45. The van der Waals surface area contributed by atoms with Gasteiger partial charge in [0.2, 0.25) is 10.0 Å². The van der Waals surface area contributed by atoms with E-state index in [2.05, 4.69) is 20.3 Å². The molecule has 28 heavy (non-hydrogen) atoms. The Morgan fingerprint density at radius 3 is 2.68 bits per heavy atom. The maximum Gasteiger partial charge on any atom is 0.250 e. The van der Waals surface area contributed by atoms with Gasteiger partial charge in [-0.15, -0.1) is 11.3 Å². The second-order valence-electron chi connectivity index (χ2n) is 6.74. The lowest BCUT2D eigenvalue weighted by molar-refractivity contribution is 0.582. The Hall–Kier alpha value is -1.97. The van der Waals surface area contributed by atoms with Crippen molar-refractivity contribution in [3.05, 3.63) is 53.2 Å². The van der Waals surface area contributed by atoms with Crippen LogP contribution in [0.2, 0.25) is 0 Å². The van der Waals surface area contributed by atoms with Gasteiger partial charge in [-0.25, -0.2) is 17.5 Å². The van der Waals surface area contributed by atoms with Crippen molar-refractivity contribution in [3.8, 4) is 0 Å². The van der Waals surface area contributed by atoms with E-state index < -0.39 is 10.0 Å². The van der Waals surface area contributed by atoms with Crippen molar-refractivity contribution < 1.29 is 12.8 Å². The monoisotopic (exact) mass is 424 g/mol. The number of sulfonamides is 1. The summed E-state index contributed by atoms with van der Waals surface area (Å²) >= 11 is 1.19. The van der Waals surface area contributed by atoms with Crippen LogP contribution in [0.5, 0.6) is 0 Å². The van der Waals surface area contributed by atoms with Gasteiger partial charge in [0, 0.05) is 25.0 Å². The van der Waals surface area contributed by atoms with Crippen LogP contribution in [-0.4, -0.2) is 40.6 Å². The molecule has 0 saturated heterocycles. The highest BCUT2D eigenvalue weighted by Gasteiger charge is 2.44. The number of rotatable bonds is 9. The number of nitrogens with one attached hydrogen (secondary N) is 3. The molecule has 0 radical (unpaired) electrons. The Kier molecular flexibility index (Phi) is 6.69. The Balaban J connectivity index is 1.53. The van der Waals surface area contributed by atoms with E-state index in [-0.39, 0.29) is 17.8 Å². The third-order valence-corrected chi connectivity index (χ3v) is 7.50. The summed E-state index contributed by atoms with van der Waals surface area (Å²) < 4.78 is 40.6. The van der Waals surface area contributed by atoms with Crippen molar-refractivity contribution in [2.45, 2.75) is 29.4 Å². The quantitative estimate of drug-likeness (QED) is 0.328. The van der Waals surface area contributed by atoms with Gasteiger partial charge in [-0.05, 0) is 48.9 Å². The summed E-state index contributed by atoms with van der Waals surface area (Å²) in [5, 5.41) is 8.03. The molecular weight excluding hydrogens is 399 g/mol. The van der Waals surface area contributed by atoms with Gasteiger partial charge in [0.1, 0.15) is 10.0 Å². The fraction of sp³-hybridized carbons (Fsp3) is 0.421. The minimum absolute atomic E-state index is 0.0921. The number of guanidine groups is 1. The summed E-state index contributed by atoms with van der Waals surface area (Å²) in [5.41, 5.74) is 0.890. The number of thiophene rings is 1. The highest BCUT2D eigenvalue weighted by atomic mass is 32.2. The fourth-order valence-corrected chi connectivity index (χ4v) is 5.00. The molecule has 0 unspecified atom stereocenters. The summed E-state index contributed by atoms with van der Waals surface area (Å²) in [6, 6.07) is 10.0. The zero-order chi connectivity index (χ0) is 20.0. The molecule has 1 aliphatic carbocycles. The predicted molar refractivity (Wildman–Crippen MR) is 111 cm³/mol. The van der Waals surface area contributed by atoms with Gasteiger partial charge in [0.05, 0.1) is 6.54 Å². The first kappa shape index (κ1) is 20.8. The van der Waals surface area contributed by atoms with Crippen molar-refractivity contribution >= 4 is 27.3 Å². The zero-order valence-electron chi connectivity index (χ0n) is 15.7. The first-order valence-corrected chi connectivity index (χ1v) is 11.6. The summed E-state index contributed by atoms with van der Waals surface area (Å²) in [6.07, 6.45) is 1.97. The van der Waals surface area contributed by atoms with Gasteiger partial charge < -0.3 is 10.6 Å². The molecule has 1 saturated carbocycles. The van der Waals surface area contributed by atoms with Crippen LogP contribution in [0.3, 0.4) is 0 Å². The molecule has 6 nitrogen and oxygen atoms in total. The summed E-state index contributed by atoms with van der Waals surface area (Å²) in [4.78, 5) is 4.63. The minimum Gasteiger partial charge on any atom is -0.357 e. The molecule has 0 bridgehead atoms. The zero-order valence-corrected chi connectivity index (χ0v) is 17.4. The Labute approximate surface area is 169 Å². The van der Waals surface area contributed by atoms with Crippen LogP contribution < -0.4 is 15.4 Å². The molecular formula is C19H25FN4O2S2. The largest absolute Gasteiger partial charge is 0.357 e. The van der Waals surface area contributed by atoms with E-state index in [4.69, 9.17) is 0 Å². The number of nitrogens with zero attached hydrogens (tertiary/aromatic N) is 1. The molecule has 0 amide bonds. The average Bonchev–Trinajstić information content (AvgIpc) is 3.24. The Morgan fingerprint density at radius 1 is 1.21 bits per heavy atom. The third kappa shape index (κ3) is 5.30. The Bertz CT molecular complexity index is 910. The van der Waals surface area contributed by atoms with Crippen LogP contribution in [-0.2, 0) is 15.4 Å². The maximum atomic E-state index is 13.5. The van der Waals surface area contributed by atoms with E-state index >= 15 is 0 Å². The third-order valence-electron chi connectivity index (χ3n) is 4.64. The second kappa shape index (κ2) is 9.02. The number of hydrogen-bond acceptors (Lipinski definition) is 4. The van der Waals surface area contributed by atoms with E-state index in [9.17, 15) is 12.8 Å². The van der Waals surface area contributed by atoms with Crippen molar-refractivity contribution in [2.75, 3.05) is 26.2 Å². The lowest BCUT2D eigenvalue weighted by Crippen LogP contribution is -2.41. The molecule has 0 atom stereocenters. The van der Waals surface area contributed by atoms with Crippen LogP contribution in [0.1, 0.15) is 25.3 Å². The minimum atomic E-state index is -3.46. The van der Waals surface area contributed by atoms with Crippen LogP contribution in [0.15, 0.2) is 51.0 Å². The molecule has 2 aromatic rings. The van der Waals surface area contributed by atoms with Gasteiger partial charge in [0.15, 0.2) is 5.96 Å². The van der Waals surface area contributed by atoms with Gasteiger partial charge >= 0.3 is 0 Å². The normalized spacial score (nSPS) is 16.0. The van der Waals surface area contributed by atoms with E-state index in [0.29, 0.717) is 29.8 Å². The highest BCUT2D eigenvalue weighted by molar-refractivity contribution is 7.91. The Morgan fingerprint density at radius 2 is 2.04 bits per heavy atom. The van der Waals surface area contributed by atoms with Crippen LogP contribution in [0, 0.1) is 5.82 Å². The molecule has 1 fully saturated rings. The first-order valence-electron chi connectivity index (χ1n) is 9.27. The van der Waals surface area contributed by atoms with E-state index in [0.717, 1.165) is 18.4 Å². The maximum absolute atomic E-state index is 13.5. The molecule has 3 rings (SSSR count). The van der Waals surface area contributed by atoms with Crippen LogP contribution >= 0.6 is 11.3 Å². The van der Waals surface area contributed by atoms with Crippen molar-refractivity contribution in [1.29, 1.82) is 0 Å². The molecule has 152 valence electrons. The topological polar surface area (TPSA) is 82.6 Å². The highest BCUT2D eigenvalue weighted by Crippen LogP contribution is 2.48. The van der Waals surface area contributed by atoms with Gasteiger partial charge in [-0.2, -0.15) is 0 Å².